The van der Waals surface area contributed by atoms with E-state index in [1.54, 1.807) is 13.1 Å². The Morgan fingerprint density at radius 2 is 2.00 bits per heavy atom. The van der Waals surface area contributed by atoms with Crippen LogP contribution in [0.15, 0.2) is 12.1 Å². The van der Waals surface area contributed by atoms with E-state index >= 15 is 0 Å². The van der Waals surface area contributed by atoms with Crippen LogP contribution >= 0.6 is 0 Å². The molecule has 0 bridgehead atoms. The third-order valence-electron chi connectivity index (χ3n) is 2.21. The number of aromatic nitrogens is 2. The predicted molar refractivity (Wildman–Crippen MR) is 68.1 cm³/mol. The van der Waals surface area contributed by atoms with Crippen molar-refractivity contribution in [2.24, 2.45) is 5.41 Å². The molecule has 1 N–H and O–H groups in total. The minimum absolute atomic E-state index is 0.190. The SMILES string of the molecule is CNC(=O)c1ccc(N(C)CC(C)(C)C)nn1. The Morgan fingerprint density at radius 1 is 1.35 bits per heavy atom. The minimum atomic E-state index is -0.220. The third-order valence-corrected chi connectivity index (χ3v) is 2.21. The summed E-state index contributed by atoms with van der Waals surface area (Å²) in [6, 6.07) is 3.49. The Kier molecular flexibility index (Phi) is 4.04. The van der Waals surface area contributed by atoms with Gasteiger partial charge in [-0.25, -0.2) is 0 Å². The van der Waals surface area contributed by atoms with Gasteiger partial charge in [-0.3, -0.25) is 4.79 Å². The molecule has 0 unspecified atom stereocenters. The molecule has 0 fully saturated rings. The van der Waals surface area contributed by atoms with E-state index < -0.39 is 0 Å². The highest BCUT2D eigenvalue weighted by atomic mass is 16.1. The molecule has 1 rings (SSSR count). The van der Waals surface area contributed by atoms with Crippen molar-refractivity contribution in [2.75, 3.05) is 25.5 Å². The van der Waals surface area contributed by atoms with Gasteiger partial charge in [0.2, 0.25) is 0 Å². The van der Waals surface area contributed by atoms with E-state index in [1.165, 1.54) is 0 Å². The van der Waals surface area contributed by atoms with Crippen LogP contribution in [0.2, 0.25) is 0 Å². The lowest BCUT2D eigenvalue weighted by Crippen LogP contribution is -2.30. The first-order chi connectivity index (χ1) is 7.83. The van der Waals surface area contributed by atoms with E-state index in [1.807, 2.05) is 18.0 Å². The van der Waals surface area contributed by atoms with Crippen molar-refractivity contribution in [1.29, 1.82) is 0 Å². The fourth-order valence-corrected chi connectivity index (χ4v) is 1.57. The molecule has 0 atom stereocenters. The highest BCUT2D eigenvalue weighted by molar-refractivity contribution is 5.91. The third kappa shape index (κ3) is 4.01. The zero-order valence-electron chi connectivity index (χ0n) is 11.1. The molecule has 94 valence electrons. The summed E-state index contributed by atoms with van der Waals surface area (Å²) in [5.41, 5.74) is 0.524. The van der Waals surface area contributed by atoms with Crippen LogP contribution in [0.3, 0.4) is 0 Å². The van der Waals surface area contributed by atoms with Crippen LogP contribution < -0.4 is 10.2 Å². The Morgan fingerprint density at radius 3 is 2.41 bits per heavy atom. The van der Waals surface area contributed by atoms with E-state index in [-0.39, 0.29) is 11.3 Å². The molecule has 1 aromatic rings. The van der Waals surface area contributed by atoms with Crippen LogP contribution in [0.1, 0.15) is 31.3 Å². The van der Waals surface area contributed by atoms with Gasteiger partial charge in [0.1, 0.15) is 0 Å². The van der Waals surface area contributed by atoms with Crippen molar-refractivity contribution in [2.45, 2.75) is 20.8 Å². The van der Waals surface area contributed by atoms with Crippen LogP contribution in [0.25, 0.3) is 0 Å². The summed E-state index contributed by atoms with van der Waals surface area (Å²) in [6.07, 6.45) is 0. The molecule has 0 saturated heterocycles. The second-order valence-electron chi connectivity index (χ2n) is 5.27. The Bertz CT molecular complexity index is 380. The molecule has 0 radical (unpaired) electrons. The van der Waals surface area contributed by atoms with Gasteiger partial charge in [0.15, 0.2) is 11.5 Å². The number of carbonyl (C=O) groups is 1. The molecule has 0 aliphatic carbocycles. The van der Waals surface area contributed by atoms with Gasteiger partial charge in [-0.1, -0.05) is 20.8 Å². The van der Waals surface area contributed by atoms with E-state index in [0.717, 1.165) is 12.4 Å². The first kappa shape index (κ1) is 13.4. The average Bonchev–Trinajstić information content (AvgIpc) is 2.26. The van der Waals surface area contributed by atoms with Crippen LogP contribution in [0.5, 0.6) is 0 Å². The lowest BCUT2D eigenvalue weighted by atomic mass is 9.96. The lowest BCUT2D eigenvalue weighted by molar-refractivity contribution is 0.0957. The Labute approximate surface area is 102 Å². The van der Waals surface area contributed by atoms with Crippen LogP contribution in [-0.4, -0.2) is 36.7 Å². The molecule has 0 saturated carbocycles. The number of hydrogen-bond acceptors (Lipinski definition) is 4. The Hall–Kier alpha value is -1.65. The van der Waals surface area contributed by atoms with Gasteiger partial charge in [-0.2, -0.15) is 0 Å². The number of nitrogens with zero attached hydrogens (tertiary/aromatic N) is 3. The number of nitrogens with one attached hydrogen (secondary N) is 1. The second kappa shape index (κ2) is 5.12. The largest absolute Gasteiger partial charge is 0.358 e. The van der Waals surface area contributed by atoms with Gasteiger partial charge in [0, 0.05) is 20.6 Å². The van der Waals surface area contributed by atoms with Crippen molar-refractivity contribution >= 4 is 11.7 Å². The molecule has 1 heterocycles. The molecule has 5 heteroatoms. The van der Waals surface area contributed by atoms with Gasteiger partial charge in [0.25, 0.3) is 5.91 Å². The van der Waals surface area contributed by atoms with E-state index in [9.17, 15) is 4.79 Å². The topological polar surface area (TPSA) is 58.1 Å². The summed E-state index contributed by atoms with van der Waals surface area (Å²) in [5, 5.41) is 10.5. The molecule has 0 spiro atoms. The zero-order chi connectivity index (χ0) is 13.1. The summed E-state index contributed by atoms with van der Waals surface area (Å²) in [7, 11) is 3.54. The fraction of sp³-hybridized carbons (Fsp3) is 0.583. The summed E-state index contributed by atoms with van der Waals surface area (Å²) in [6.45, 7) is 7.36. The predicted octanol–water partition coefficient (Wildman–Crippen LogP) is 1.32. The van der Waals surface area contributed by atoms with E-state index in [4.69, 9.17) is 0 Å². The van der Waals surface area contributed by atoms with Gasteiger partial charge in [-0.15, -0.1) is 10.2 Å². The first-order valence-corrected chi connectivity index (χ1v) is 5.60. The van der Waals surface area contributed by atoms with Crippen molar-refractivity contribution in [3.05, 3.63) is 17.8 Å². The van der Waals surface area contributed by atoms with Gasteiger partial charge < -0.3 is 10.2 Å². The number of carbonyl (C=O) groups excluding carboxylic acids is 1. The number of hydrogen-bond donors (Lipinski definition) is 1. The average molecular weight is 236 g/mol. The fourth-order valence-electron chi connectivity index (χ4n) is 1.57. The quantitative estimate of drug-likeness (QED) is 0.860. The van der Waals surface area contributed by atoms with Crippen molar-refractivity contribution in [3.8, 4) is 0 Å². The van der Waals surface area contributed by atoms with E-state index in [2.05, 4.69) is 36.3 Å². The summed E-state index contributed by atoms with van der Waals surface area (Å²) >= 11 is 0. The Balaban J connectivity index is 2.77. The highest BCUT2D eigenvalue weighted by Crippen LogP contribution is 2.17. The molecule has 17 heavy (non-hydrogen) atoms. The lowest BCUT2D eigenvalue weighted by Gasteiger charge is -2.26. The second-order valence-corrected chi connectivity index (χ2v) is 5.27. The zero-order valence-corrected chi connectivity index (χ0v) is 11.1. The summed E-state index contributed by atoms with van der Waals surface area (Å²) in [4.78, 5) is 13.3. The number of rotatable bonds is 3. The maximum atomic E-state index is 11.3. The molecule has 1 amide bonds. The molecule has 1 aromatic heterocycles. The van der Waals surface area contributed by atoms with E-state index in [0.29, 0.717) is 5.69 Å². The monoisotopic (exact) mass is 236 g/mol. The van der Waals surface area contributed by atoms with Crippen molar-refractivity contribution in [1.82, 2.24) is 15.5 Å². The molecule has 5 nitrogen and oxygen atoms in total. The molecule has 0 aliphatic rings. The standard InChI is InChI=1S/C12H20N4O/c1-12(2,3)8-16(5)10-7-6-9(14-15-10)11(17)13-4/h6-7H,8H2,1-5H3,(H,13,17). The number of anilines is 1. The highest BCUT2D eigenvalue weighted by Gasteiger charge is 2.15. The number of amides is 1. The van der Waals surface area contributed by atoms with Crippen molar-refractivity contribution < 1.29 is 4.79 Å². The summed E-state index contributed by atoms with van der Waals surface area (Å²) in [5.74, 6) is 0.551. The van der Waals surface area contributed by atoms with Gasteiger partial charge in [-0.05, 0) is 17.5 Å². The normalized spacial score (nSPS) is 11.1. The van der Waals surface area contributed by atoms with Crippen LogP contribution in [0, 0.1) is 5.41 Å². The van der Waals surface area contributed by atoms with Gasteiger partial charge >= 0.3 is 0 Å². The maximum absolute atomic E-state index is 11.3. The molecular formula is C12H20N4O. The van der Waals surface area contributed by atoms with Crippen molar-refractivity contribution in [3.63, 3.8) is 0 Å². The van der Waals surface area contributed by atoms with Crippen LogP contribution in [0.4, 0.5) is 5.82 Å². The molecular weight excluding hydrogens is 216 g/mol. The molecule has 0 aliphatic heterocycles. The first-order valence-electron chi connectivity index (χ1n) is 5.60. The van der Waals surface area contributed by atoms with Crippen LogP contribution in [-0.2, 0) is 0 Å². The minimum Gasteiger partial charge on any atom is -0.358 e. The smallest absolute Gasteiger partial charge is 0.271 e. The summed E-state index contributed by atoms with van der Waals surface area (Å²) < 4.78 is 0. The van der Waals surface area contributed by atoms with Gasteiger partial charge in [0.05, 0.1) is 0 Å². The molecule has 0 aromatic carbocycles. The maximum Gasteiger partial charge on any atom is 0.271 e.